The number of aryl methyl sites for hydroxylation is 1. The average Bonchev–Trinajstić information content (AvgIpc) is 2.86. The quantitative estimate of drug-likeness (QED) is 0.272. The highest BCUT2D eigenvalue weighted by molar-refractivity contribution is 7.95. The second-order valence-corrected chi connectivity index (χ2v) is 9.36. The molecule has 4 aromatic rings. The van der Waals surface area contributed by atoms with Gasteiger partial charge in [-0.05, 0) is 47.9 Å². The summed E-state index contributed by atoms with van der Waals surface area (Å²) in [5, 5.41) is 1.74. The molecule has 0 amide bonds. The normalized spacial score (nSPS) is 11.6. The van der Waals surface area contributed by atoms with Gasteiger partial charge in [0.05, 0.1) is 11.0 Å². The molecule has 0 atom stereocenters. The maximum absolute atomic E-state index is 12.7. The fourth-order valence-electron chi connectivity index (χ4n) is 3.48. The highest BCUT2D eigenvalue weighted by atomic mass is 32.2. The third-order valence-electron chi connectivity index (χ3n) is 5.26. The van der Waals surface area contributed by atoms with Crippen molar-refractivity contribution < 1.29 is 22.4 Å². The van der Waals surface area contributed by atoms with Gasteiger partial charge in [0.1, 0.15) is 12.2 Å². The molecule has 0 aliphatic heterocycles. The van der Waals surface area contributed by atoms with Gasteiger partial charge in [0.15, 0.2) is 0 Å². The Bertz CT molecular complexity index is 1560. The number of nitrogens with one attached hydrogen (secondary N) is 1. The topological polar surface area (TPSA) is 103 Å². The highest BCUT2D eigenvalue weighted by Crippen LogP contribution is 2.21. The number of carbonyl (C=O) groups excluding carboxylic acids is 1. The summed E-state index contributed by atoms with van der Waals surface area (Å²) in [6, 6.07) is 21.9. The lowest BCUT2D eigenvalue weighted by Gasteiger charge is -2.09. The molecule has 1 heterocycles. The molecule has 35 heavy (non-hydrogen) atoms. The Kier molecular flexibility index (Phi) is 7.12. The zero-order valence-corrected chi connectivity index (χ0v) is 19.7. The van der Waals surface area contributed by atoms with E-state index in [1.165, 1.54) is 30.3 Å². The van der Waals surface area contributed by atoms with E-state index >= 15 is 0 Å². The van der Waals surface area contributed by atoms with Crippen LogP contribution in [0.3, 0.4) is 0 Å². The van der Waals surface area contributed by atoms with Crippen LogP contribution in [0.5, 0.6) is 0 Å². The van der Waals surface area contributed by atoms with Gasteiger partial charge in [0, 0.05) is 22.7 Å². The number of anilines is 1. The Balaban J connectivity index is 1.47. The van der Waals surface area contributed by atoms with Crippen LogP contribution in [0, 0.1) is 0 Å². The number of esters is 1. The summed E-state index contributed by atoms with van der Waals surface area (Å²) in [5.74, 6) is -0.655. The predicted molar refractivity (Wildman–Crippen MR) is 135 cm³/mol. The van der Waals surface area contributed by atoms with E-state index in [0.29, 0.717) is 16.5 Å². The fourth-order valence-corrected chi connectivity index (χ4v) is 4.34. The maximum atomic E-state index is 12.7. The molecule has 8 heteroatoms. The van der Waals surface area contributed by atoms with Gasteiger partial charge in [-0.1, -0.05) is 55.5 Å². The highest BCUT2D eigenvalue weighted by Gasteiger charge is 2.13. The number of sulfonamides is 1. The minimum atomic E-state index is -3.79. The largest absolute Gasteiger partial charge is 0.457 e. The Labute approximate surface area is 202 Å². The van der Waals surface area contributed by atoms with Crippen molar-refractivity contribution in [3.8, 4) is 0 Å². The van der Waals surface area contributed by atoms with Crippen LogP contribution in [-0.2, 0) is 27.8 Å². The van der Waals surface area contributed by atoms with Crippen molar-refractivity contribution in [1.82, 2.24) is 0 Å². The lowest BCUT2D eigenvalue weighted by molar-refractivity contribution is 0.0474. The molecule has 0 bridgehead atoms. The molecule has 0 aliphatic rings. The van der Waals surface area contributed by atoms with Crippen LogP contribution >= 0.6 is 0 Å². The molecule has 1 N–H and O–H groups in total. The first-order valence-electron chi connectivity index (χ1n) is 10.9. The number of hydrogen-bond acceptors (Lipinski definition) is 6. The smallest absolute Gasteiger partial charge is 0.338 e. The van der Waals surface area contributed by atoms with Crippen molar-refractivity contribution in [3.05, 3.63) is 117 Å². The van der Waals surface area contributed by atoms with Gasteiger partial charge in [-0.3, -0.25) is 4.72 Å². The second kappa shape index (κ2) is 10.4. The van der Waals surface area contributed by atoms with Gasteiger partial charge >= 0.3 is 11.6 Å². The summed E-state index contributed by atoms with van der Waals surface area (Å²) >= 11 is 0. The lowest BCUT2D eigenvalue weighted by Crippen LogP contribution is -2.11. The molecule has 1 aromatic heterocycles. The van der Waals surface area contributed by atoms with Crippen LogP contribution in [-0.4, -0.2) is 14.4 Å². The van der Waals surface area contributed by atoms with E-state index in [0.717, 1.165) is 23.0 Å². The number of ether oxygens (including phenoxy) is 1. The third-order valence-corrected chi connectivity index (χ3v) is 6.27. The van der Waals surface area contributed by atoms with Crippen molar-refractivity contribution in [2.75, 3.05) is 4.72 Å². The Morgan fingerprint density at radius 3 is 2.57 bits per heavy atom. The molecule has 3 aromatic carbocycles. The molecular weight excluding hydrogens is 466 g/mol. The third kappa shape index (κ3) is 6.24. The molecule has 0 spiro atoms. The number of fused-ring (bicyclic) bond motifs is 1. The number of rotatable bonds is 8. The van der Waals surface area contributed by atoms with Gasteiger partial charge in [-0.15, -0.1) is 0 Å². The summed E-state index contributed by atoms with van der Waals surface area (Å²) in [4.78, 5) is 24.6. The summed E-state index contributed by atoms with van der Waals surface area (Å²) in [6.45, 7) is 1.86. The minimum Gasteiger partial charge on any atom is -0.457 e. The average molecular weight is 490 g/mol. The van der Waals surface area contributed by atoms with E-state index in [1.807, 2.05) is 37.3 Å². The van der Waals surface area contributed by atoms with Crippen LogP contribution < -0.4 is 10.3 Å². The molecule has 178 valence electrons. The first-order chi connectivity index (χ1) is 16.8. The lowest BCUT2D eigenvalue weighted by atomic mass is 10.1. The summed E-state index contributed by atoms with van der Waals surface area (Å²) in [7, 11) is -3.79. The monoisotopic (exact) mass is 489 g/mol. The fraction of sp³-hybridized carbons (Fsp3) is 0.111. The molecule has 0 aliphatic carbocycles. The van der Waals surface area contributed by atoms with Gasteiger partial charge in [0.25, 0.3) is 10.0 Å². The SMILES string of the molecule is CCc1ccc2c(COC(=O)c3cccc(NS(=O)(=O)C=Cc4ccccc4)c3)cc(=O)oc2c1. The minimum absolute atomic E-state index is 0.137. The molecule has 4 rings (SSSR count). The standard InChI is InChI=1S/C27H23NO6S/c1-2-19-11-12-24-22(17-26(29)34-25(24)15-19)18-33-27(30)21-9-6-10-23(16-21)28-35(31,32)14-13-20-7-4-3-5-8-20/h3-17,28H,2,18H2,1H3. The van der Waals surface area contributed by atoms with Crippen LogP contribution in [0.25, 0.3) is 17.0 Å². The van der Waals surface area contributed by atoms with Gasteiger partial charge in [0.2, 0.25) is 0 Å². The van der Waals surface area contributed by atoms with E-state index in [-0.39, 0.29) is 17.9 Å². The van der Waals surface area contributed by atoms with E-state index < -0.39 is 21.6 Å². The second-order valence-electron chi connectivity index (χ2n) is 7.79. The summed E-state index contributed by atoms with van der Waals surface area (Å²) < 4.78 is 37.9. The summed E-state index contributed by atoms with van der Waals surface area (Å²) in [5.41, 5.74) is 2.57. The van der Waals surface area contributed by atoms with Crippen molar-refractivity contribution in [3.63, 3.8) is 0 Å². The zero-order chi connectivity index (χ0) is 24.8. The van der Waals surface area contributed by atoms with Crippen LogP contribution in [0.2, 0.25) is 0 Å². The maximum Gasteiger partial charge on any atom is 0.338 e. The van der Waals surface area contributed by atoms with Gasteiger partial charge in [-0.2, -0.15) is 0 Å². The number of carbonyl (C=O) groups is 1. The van der Waals surface area contributed by atoms with Gasteiger partial charge < -0.3 is 9.15 Å². The molecule has 0 fully saturated rings. The van der Waals surface area contributed by atoms with Crippen molar-refractivity contribution in [2.45, 2.75) is 20.0 Å². The van der Waals surface area contributed by atoms with Crippen LogP contribution in [0.15, 0.2) is 93.5 Å². The number of benzene rings is 3. The van der Waals surface area contributed by atoms with E-state index in [2.05, 4.69) is 4.72 Å². The molecule has 0 radical (unpaired) electrons. The molecule has 0 saturated carbocycles. The van der Waals surface area contributed by atoms with Crippen molar-refractivity contribution >= 4 is 38.7 Å². The van der Waals surface area contributed by atoms with E-state index in [9.17, 15) is 18.0 Å². The van der Waals surface area contributed by atoms with Gasteiger partial charge in [-0.25, -0.2) is 18.0 Å². The predicted octanol–water partition coefficient (Wildman–Crippen LogP) is 5.13. The zero-order valence-electron chi connectivity index (χ0n) is 18.9. The Morgan fingerprint density at radius 1 is 1.00 bits per heavy atom. The molecule has 0 unspecified atom stereocenters. The molecule has 7 nitrogen and oxygen atoms in total. The van der Waals surface area contributed by atoms with Crippen LogP contribution in [0.1, 0.15) is 34.0 Å². The number of hydrogen-bond donors (Lipinski definition) is 1. The van der Waals surface area contributed by atoms with E-state index in [4.69, 9.17) is 9.15 Å². The van der Waals surface area contributed by atoms with Crippen molar-refractivity contribution in [1.29, 1.82) is 0 Å². The Morgan fingerprint density at radius 2 is 1.80 bits per heavy atom. The Hall–Kier alpha value is -4.17. The molecular formula is C27H23NO6S. The molecule has 0 saturated heterocycles. The summed E-state index contributed by atoms with van der Waals surface area (Å²) in [6.07, 6.45) is 2.27. The van der Waals surface area contributed by atoms with Crippen LogP contribution in [0.4, 0.5) is 5.69 Å². The first-order valence-corrected chi connectivity index (χ1v) is 12.5. The first kappa shape index (κ1) is 24.0. The van der Waals surface area contributed by atoms with E-state index in [1.54, 1.807) is 24.3 Å². The van der Waals surface area contributed by atoms with Crippen molar-refractivity contribution in [2.24, 2.45) is 0 Å².